The first-order valence-electron chi connectivity index (χ1n) is 5.86. The van der Waals surface area contributed by atoms with Crippen LogP contribution in [0.25, 0.3) is 0 Å². The number of benzene rings is 1. The minimum absolute atomic E-state index is 0.270. The summed E-state index contributed by atoms with van der Waals surface area (Å²) in [6.07, 6.45) is 2.85. The zero-order valence-electron chi connectivity index (χ0n) is 10.8. The number of hydrogen-bond donors (Lipinski definition) is 1. The third-order valence-electron chi connectivity index (χ3n) is 3.15. The van der Waals surface area contributed by atoms with Crippen LogP contribution in [0.5, 0.6) is 5.75 Å². The van der Waals surface area contributed by atoms with Crippen LogP contribution in [0.1, 0.15) is 35.1 Å². The molecule has 0 aliphatic heterocycles. The lowest BCUT2D eigenvalue weighted by Crippen LogP contribution is -2.01. The van der Waals surface area contributed by atoms with Crippen molar-refractivity contribution in [3.8, 4) is 5.75 Å². The fourth-order valence-corrected chi connectivity index (χ4v) is 2.11. The second-order valence-electron chi connectivity index (χ2n) is 4.33. The standard InChI is InChI=1S/C14H22O2/c1-10-9-11(2)13(7-5-6-8-15)14(16-4)12(10)3/h9,15H,5-8H2,1-4H3. The van der Waals surface area contributed by atoms with Crippen LogP contribution in [-0.2, 0) is 6.42 Å². The van der Waals surface area contributed by atoms with E-state index < -0.39 is 0 Å². The van der Waals surface area contributed by atoms with Crippen molar-refractivity contribution in [2.24, 2.45) is 0 Å². The molecule has 2 heteroatoms. The molecule has 1 aromatic rings. The van der Waals surface area contributed by atoms with Gasteiger partial charge in [0.05, 0.1) is 7.11 Å². The Hall–Kier alpha value is -1.02. The molecule has 2 nitrogen and oxygen atoms in total. The average Bonchev–Trinajstić information content (AvgIpc) is 2.26. The molecule has 0 aliphatic rings. The first kappa shape index (κ1) is 13.0. The molecule has 0 aromatic heterocycles. The normalized spacial score (nSPS) is 10.6. The number of methoxy groups -OCH3 is 1. The van der Waals surface area contributed by atoms with Gasteiger partial charge in [-0.25, -0.2) is 0 Å². The molecule has 1 N–H and O–H groups in total. The summed E-state index contributed by atoms with van der Waals surface area (Å²) in [6, 6.07) is 2.21. The van der Waals surface area contributed by atoms with E-state index >= 15 is 0 Å². The first-order valence-corrected chi connectivity index (χ1v) is 5.86. The van der Waals surface area contributed by atoms with Gasteiger partial charge in [0.2, 0.25) is 0 Å². The van der Waals surface area contributed by atoms with Crippen molar-refractivity contribution in [1.29, 1.82) is 0 Å². The third-order valence-corrected chi connectivity index (χ3v) is 3.15. The third kappa shape index (κ3) is 2.76. The van der Waals surface area contributed by atoms with E-state index in [0.29, 0.717) is 0 Å². The molecule has 0 amide bonds. The van der Waals surface area contributed by atoms with Gasteiger partial charge in [-0.2, -0.15) is 0 Å². The molecule has 0 aliphatic carbocycles. The van der Waals surface area contributed by atoms with Crippen LogP contribution < -0.4 is 4.74 Å². The highest BCUT2D eigenvalue weighted by Crippen LogP contribution is 2.30. The van der Waals surface area contributed by atoms with E-state index in [4.69, 9.17) is 9.84 Å². The summed E-state index contributed by atoms with van der Waals surface area (Å²) < 4.78 is 5.51. The van der Waals surface area contributed by atoms with E-state index in [1.165, 1.54) is 22.3 Å². The number of aliphatic hydroxyl groups excluding tert-OH is 1. The van der Waals surface area contributed by atoms with Crippen LogP contribution in [-0.4, -0.2) is 18.8 Å². The minimum atomic E-state index is 0.270. The van der Waals surface area contributed by atoms with Gasteiger partial charge in [0.25, 0.3) is 0 Å². The Morgan fingerprint density at radius 1 is 1.12 bits per heavy atom. The fourth-order valence-electron chi connectivity index (χ4n) is 2.11. The second kappa shape index (κ2) is 5.90. The monoisotopic (exact) mass is 222 g/mol. The van der Waals surface area contributed by atoms with Gasteiger partial charge >= 0.3 is 0 Å². The second-order valence-corrected chi connectivity index (χ2v) is 4.33. The zero-order chi connectivity index (χ0) is 12.1. The van der Waals surface area contributed by atoms with Crippen molar-refractivity contribution in [1.82, 2.24) is 0 Å². The number of ether oxygens (including phenoxy) is 1. The largest absolute Gasteiger partial charge is 0.496 e. The molecule has 0 saturated heterocycles. The van der Waals surface area contributed by atoms with Crippen molar-refractivity contribution >= 4 is 0 Å². The summed E-state index contributed by atoms with van der Waals surface area (Å²) in [4.78, 5) is 0. The Morgan fingerprint density at radius 2 is 1.81 bits per heavy atom. The lowest BCUT2D eigenvalue weighted by Gasteiger charge is -2.16. The van der Waals surface area contributed by atoms with Gasteiger partial charge in [0, 0.05) is 6.61 Å². The summed E-state index contributed by atoms with van der Waals surface area (Å²) >= 11 is 0. The summed E-state index contributed by atoms with van der Waals surface area (Å²) in [6.45, 7) is 6.61. The van der Waals surface area contributed by atoms with Crippen LogP contribution in [0.15, 0.2) is 6.07 Å². The van der Waals surface area contributed by atoms with E-state index in [-0.39, 0.29) is 6.61 Å². The number of rotatable bonds is 5. The quantitative estimate of drug-likeness (QED) is 0.776. The molecular weight excluding hydrogens is 200 g/mol. The van der Waals surface area contributed by atoms with Gasteiger partial charge in [-0.1, -0.05) is 6.07 Å². The van der Waals surface area contributed by atoms with Gasteiger partial charge in [-0.05, 0) is 62.3 Å². The maximum atomic E-state index is 8.81. The molecule has 1 aromatic carbocycles. The minimum Gasteiger partial charge on any atom is -0.496 e. The predicted molar refractivity (Wildman–Crippen MR) is 67.2 cm³/mol. The molecule has 1 rings (SSSR count). The molecule has 0 fully saturated rings. The molecule has 0 bridgehead atoms. The van der Waals surface area contributed by atoms with Crippen molar-refractivity contribution in [3.05, 3.63) is 28.3 Å². The molecule has 0 atom stereocenters. The molecule has 0 saturated carbocycles. The van der Waals surface area contributed by atoms with Crippen LogP contribution in [0, 0.1) is 20.8 Å². The highest BCUT2D eigenvalue weighted by molar-refractivity contribution is 5.49. The zero-order valence-corrected chi connectivity index (χ0v) is 10.8. The summed E-state index contributed by atoms with van der Waals surface area (Å²) in [7, 11) is 1.73. The van der Waals surface area contributed by atoms with E-state index in [1.807, 2.05) is 0 Å². The number of unbranched alkanes of at least 4 members (excludes halogenated alkanes) is 1. The number of aryl methyl sites for hydroxylation is 2. The van der Waals surface area contributed by atoms with Gasteiger partial charge in [0.15, 0.2) is 0 Å². The van der Waals surface area contributed by atoms with Crippen LogP contribution in [0.2, 0.25) is 0 Å². The van der Waals surface area contributed by atoms with Crippen molar-refractivity contribution < 1.29 is 9.84 Å². The lowest BCUT2D eigenvalue weighted by atomic mass is 9.95. The first-order chi connectivity index (χ1) is 7.61. The van der Waals surface area contributed by atoms with Gasteiger partial charge in [0.1, 0.15) is 5.75 Å². The lowest BCUT2D eigenvalue weighted by molar-refractivity contribution is 0.284. The van der Waals surface area contributed by atoms with Crippen molar-refractivity contribution in [2.75, 3.05) is 13.7 Å². The average molecular weight is 222 g/mol. The Bertz CT molecular complexity index is 356. The predicted octanol–water partition coefficient (Wildman–Crippen LogP) is 2.94. The highest BCUT2D eigenvalue weighted by Gasteiger charge is 2.11. The highest BCUT2D eigenvalue weighted by atomic mass is 16.5. The SMILES string of the molecule is COc1c(C)c(C)cc(C)c1CCCCO. The smallest absolute Gasteiger partial charge is 0.125 e. The maximum Gasteiger partial charge on any atom is 0.125 e. The molecule has 16 heavy (non-hydrogen) atoms. The van der Waals surface area contributed by atoms with Gasteiger partial charge in [-0.3, -0.25) is 0 Å². The Balaban J connectivity index is 3.01. The Kier molecular flexibility index (Phi) is 4.81. The Labute approximate surface area is 98.3 Å². The van der Waals surface area contributed by atoms with E-state index in [0.717, 1.165) is 25.0 Å². The Morgan fingerprint density at radius 3 is 2.38 bits per heavy atom. The van der Waals surface area contributed by atoms with Crippen LogP contribution >= 0.6 is 0 Å². The van der Waals surface area contributed by atoms with Crippen molar-refractivity contribution in [3.63, 3.8) is 0 Å². The molecule has 90 valence electrons. The topological polar surface area (TPSA) is 29.5 Å². The van der Waals surface area contributed by atoms with Crippen LogP contribution in [0.3, 0.4) is 0 Å². The van der Waals surface area contributed by atoms with E-state index in [1.54, 1.807) is 7.11 Å². The summed E-state index contributed by atoms with van der Waals surface area (Å²) in [5.41, 5.74) is 5.09. The fraction of sp³-hybridized carbons (Fsp3) is 0.571. The number of aliphatic hydroxyl groups is 1. The van der Waals surface area contributed by atoms with Crippen LogP contribution in [0.4, 0.5) is 0 Å². The summed E-state index contributed by atoms with van der Waals surface area (Å²) in [5, 5.41) is 8.81. The van der Waals surface area contributed by atoms with Gasteiger partial charge in [-0.15, -0.1) is 0 Å². The molecule has 0 radical (unpaired) electrons. The molecular formula is C14H22O2. The van der Waals surface area contributed by atoms with Crippen molar-refractivity contribution in [2.45, 2.75) is 40.0 Å². The molecule has 0 spiro atoms. The molecule has 0 heterocycles. The van der Waals surface area contributed by atoms with Gasteiger partial charge < -0.3 is 9.84 Å². The summed E-state index contributed by atoms with van der Waals surface area (Å²) in [5.74, 6) is 1.02. The maximum absolute atomic E-state index is 8.81. The molecule has 0 unspecified atom stereocenters. The number of hydrogen-bond acceptors (Lipinski definition) is 2. The van der Waals surface area contributed by atoms with E-state index in [2.05, 4.69) is 26.8 Å². The van der Waals surface area contributed by atoms with E-state index in [9.17, 15) is 0 Å².